The van der Waals surface area contributed by atoms with Crippen LogP contribution in [0.1, 0.15) is 23.0 Å². The Balaban J connectivity index is 1.76. The lowest BCUT2D eigenvalue weighted by Gasteiger charge is -2.10. The van der Waals surface area contributed by atoms with E-state index >= 15 is 0 Å². The molecular formula is C17H15NO4S. The van der Waals surface area contributed by atoms with Gasteiger partial charge in [0.2, 0.25) is 5.89 Å². The van der Waals surface area contributed by atoms with Crippen molar-refractivity contribution in [2.45, 2.75) is 13.5 Å². The van der Waals surface area contributed by atoms with E-state index in [4.69, 9.17) is 13.9 Å². The molecule has 0 spiro atoms. The molecule has 3 rings (SSSR count). The maximum Gasteiger partial charge on any atom is 0.236 e. The molecule has 118 valence electrons. The zero-order chi connectivity index (χ0) is 16.2. The van der Waals surface area contributed by atoms with Crippen LogP contribution in [0.2, 0.25) is 0 Å². The lowest BCUT2D eigenvalue weighted by molar-refractivity contribution is 0.101. The van der Waals surface area contributed by atoms with Crippen LogP contribution >= 0.6 is 11.3 Å². The maximum atomic E-state index is 11.7. The predicted octanol–water partition coefficient (Wildman–Crippen LogP) is 4.19. The van der Waals surface area contributed by atoms with Crippen LogP contribution in [0.25, 0.3) is 10.8 Å². The summed E-state index contributed by atoms with van der Waals surface area (Å²) in [4.78, 5) is 17.0. The number of benzene rings is 1. The number of hydrogen-bond donors (Lipinski definition) is 0. The first-order chi connectivity index (χ1) is 11.2. The van der Waals surface area contributed by atoms with E-state index in [0.29, 0.717) is 28.6 Å². The Morgan fingerprint density at radius 2 is 2.22 bits per heavy atom. The van der Waals surface area contributed by atoms with Gasteiger partial charge in [0.25, 0.3) is 0 Å². The van der Waals surface area contributed by atoms with Crippen molar-refractivity contribution in [1.82, 2.24) is 4.98 Å². The van der Waals surface area contributed by atoms with Crippen LogP contribution in [0, 0.1) is 0 Å². The molecule has 23 heavy (non-hydrogen) atoms. The summed E-state index contributed by atoms with van der Waals surface area (Å²) < 4.78 is 16.4. The summed E-state index contributed by atoms with van der Waals surface area (Å²) in [5.74, 6) is 1.60. The number of methoxy groups -OCH3 is 1. The lowest BCUT2D eigenvalue weighted by atomic mass is 10.1. The predicted molar refractivity (Wildman–Crippen MR) is 87.1 cm³/mol. The van der Waals surface area contributed by atoms with E-state index in [1.165, 1.54) is 6.92 Å². The smallest absolute Gasteiger partial charge is 0.236 e. The number of thiophene rings is 1. The number of Topliss-reactive ketones (excluding diaryl/α,β-unsaturated/α-hetero) is 1. The molecule has 5 nitrogen and oxygen atoms in total. The monoisotopic (exact) mass is 329 g/mol. The van der Waals surface area contributed by atoms with Gasteiger partial charge in [0.05, 0.1) is 17.6 Å². The molecule has 0 saturated carbocycles. The SMILES string of the molecule is COc1ccc(C(C)=O)c(OCc2coc(-c3cccs3)n2)c1. The van der Waals surface area contributed by atoms with Crippen molar-refractivity contribution in [1.29, 1.82) is 0 Å². The first-order valence-electron chi connectivity index (χ1n) is 6.97. The molecular weight excluding hydrogens is 314 g/mol. The number of hydrogen-bond acceptors (Lipinski definition) is 6. The van der Waals surface area contributed by atoms with Crippen LogP contribution in [0.3, 0.4) is 0 Å². The Kier molecular flexibility index (Phi) is 4.43. The highest BCUT2D eigenvalue weighted by molar-refractivity contribution is 7.13. The summed E-state index contributed by atoms with van der Waals surface area (Å²) in [5.41, 5.74) is 1.17. The van der Waals surface area contributed by atoms with Gasteiger partial charge in [-0.05, 0) is 30.5 Å². The molecule has 0 unspecified atom stereocenters. The molecule has 0 saturated heterocycles. The molecule has 0 bridgehead atoms. The minimum Gasteiger partial charge on any atom is -0.497 e. The van der Waals surface area contributed by atoms with E-state index in [1.54, 1.807) is 42.9 Å². The van der Waals surface area contributed by atoms with Gasteiger partial charge in [0, 0.05) is 6.07 Å². The summed E-state index contributed by atoms with van der Waals surface area (Å²) in [6, 6.07) is 8.99. The van der Waals surface area contributed by atoms with Crippen molar-refractivity contribution >= 4 is 17.1 Å². The molecule has 0 amide bonds. The van der Waals surface area contributed by atoms with E-state index < -0.39 is 0 Å². The normalized spacial score (nSPS) is 10.5. The van der Waals surface area contributed by atoms with Crippen LogP contribution in [0.15, 0.2) is 46.4 Å². The molecule has 0 fully saturated rings. The zero-order valence-electron chi connectivity index (χ0n) is 12.7. The van der Waals surface area contributed by atoms with Crippen molar-refractivity contribution in [3.63, 3.8) is 0 Å². The van der Waals surface area contributed by atoms with Gasteiger partial charge in [-0.3, -0.25) is 4.79 Å². The van der Waals surface area contributed by atoms with Gasteiger partial charge in [-0.2, -0.15) is 0 Å². The van der Waals surface area contributed by atoms with Gasteiger partial charge in [0.15, 0.2) is 5.78 Å². The van der Waals surface area contributed by atoms with Gasteiger partial charge in [-0.1, -0.05) is 6.07 Å². The van der Waals surface area contributed by atoms with Gasteiger partial charge in [-0.25, -0.2) is 4.98 Å². The third-order valence-corrected chi connectivity index (χ3v) is 4.09. The third-order valence-electron chi connectivity index (χ3n) is 3.23. The summed E-state index contributed by atoms with van der Waals surface area (Å²) in [6.07, 6.45) is 1.56. The molecule has 1 aromatic carbocycles. The highest BCUT2D eigenvalue weighted by Gasteiger charge is 2.12. The first kappa shape index (κ1) is 15.3. The maximum absolute atomic E-state index is 11.7. The number of ketones is 1. The number of carbonyl (C=O) groups is 1. The number of aromatic nitrogens is 1. The fourth-order valence-corrected chi connectivity index (χ4v) is 2.73. The average molecular weight is 329 g/mol. The molecule has 0 N–H and O–H groups in total. The topological polar surface area (TPSA) is 61.6 Å². The standard InChI is InChI=1S/C17H15NO4S/c1-11(19)14-6-5-13(20-2)8-15(14)21-9-12-10-22-17(18-12)16-4-3-7-23-16/h3-8,10H,9H2,1-2H3. The molecule has 2 heterocycles. The highest BCUT2D eigenvalue weighted by Crippen LogP contribution is 2.27. The fraction of sp³-hybridized carbons (Fsp3) is 0.176. The Labute approximate surface area is 137 Å². The second kappa shape index (κ2) is 6.66. The van der Waals surface area contributed by atoms with Gasteiger partial charge >= 0.3 is 0 Å². The lowest BCUT2D eigenvalue weighted by Crippen LogP contribution is -2.02. The molecule has 0 aliphatic heterocycles. The Bertz CT molecular complexity index is 808. The van der Waals surface area contributed by atoms with E-state index in [-0.39, 0.29) is 12.4 Å². The second-order valence-corrected chi connectivity index (χ2v) is 5.78. The van der Waals surface area contributed by atoms with Crippen LogP contribution in [0.4, 0.5) is 0 Å². The quantitative estimate of drug-likeness (QED) is 0.634. The Morgan fingerprint density at radius 1 is 1.35 bits per heavy atom. The average Bonchev–Trinajstić information content (AvgIpc) is 3.23. The minimum atomic E-state index is -0.0675. The van der Waals surface area contributed by atoms with Crippen molar-refractivity contribution < 1.29 is 18.7 Å². The fourth-order valence-electron chi connectivity index (χ4n) is 2.08. The first-order valence-corrected chi connectivity index (χ1v) is 7.85. The molecule has 2 aromatic heterocycles. The van der Waals surface area contributed by atoms with Crippen molar-refractivity contribution in [2.75, 3.05) is 7.11 Å². The summed E-state index contributed by atoms with van der Waals surface area (Å²) in [5, 5.41) is 1.96. The van der Waals surface area contributed by atoms with Crippen molar-refractivity contribution in [3.8, 4) is 22.3 Å². The van der Waals surface area contributed by atoms with Crippen LogP contribution < -0.4 is 9.47 Å². The minimum absolute atomic E-state index is 0.0675. The van der Waals surface area contributed by atoms with Gasteiger partial charge in [-0.15, -0.1) is 11.3 Å². The van der Waals surface area contributed by atoms with E-state index in [2.05, 4.69) is 4.98 Å². The summed E-state index contributed by atoms with van der Waals surface area (Å²) in [7, 11) is 1.57. The molecule has 0 aliphatic carbocycles. The number of rotatable bonds is 6. The molecule has 0 radical (unpaired) electrons. The van der Waals surface area contributed by atoms with E-state index in [0.717, 1.165) is 4.88 Å². The molecule has 0 aliphatic rings. The number of oxazole rings is 1. The van der Waals surface area contributed by atoms with E-state index in [9.17, 15) is 4.79 Å². The van der Waals surface area contributed by atoms with Crippen molar-refractivity contribution in [3.05, 3.63) is 53.2 Å². The molecule has 0 atom stereocenters. The van der Waals surface area contributed by atoms with Crippen molar-refractivity contribution in [2.24, 2.45) is 0 Å². The van der Waals surface area contributed by atoms with E-state index in [1.807, 2.05) is 17.5 Å². The second-order valence-electron chi connectivity index (χ2n) is 4.83. The molecule has 3 aromatic rings. The highest BCUT2D eigenvalue weighted by atomic mass is 32.1. The zero-order valence-corrected chi connectivity index (χ0v) is 13.6. The molecule has 6 heteroatoms. The summed E-state index contributed by atoms with van der Waals surface area (Å²) in [6.45, 7) is 1.71. The van der Waals surface area contributed by atoms with Gasteiger partial charge < -0.3 is 13.9 Å². The third kappa shape index (κ3) is 3.43. The van der Waals surface area contributed by atoms with Crippen LogP contribution in [-0.4, -0.2) is 17.9 Å². The largest absolute Gasteiger partial charge is 0.497 e. The van der Waals surface area contributed by atoms with Gasteiger partial charge in [0.1, 0.15) is 30.1 Å². The van der Waals surface area contributed by atoms with Crippen LogP contribution in [0.5, 0.6) is 11.5 Å². The number of ether oxygens (including phenoxy) is 2. The number of carbonyl (C=O) groups excluding carboxylic acids is 1. The van der Waals surface area contributed by atoms with Crippen LogP contribution in [-0.2, 0) is 6.61 Å². The Morgan fingerprint density at radius 3 is 2.91 bits per heavy atom. The summed E-state index contributed by atoms with van der Waals surface area (Å²) >= 11 is 1.56. The Hall–Kier alpha value is -2.60. The number of nitrogens with zero attached hydrogens (tertiary/aromatic N) is 1.